The molecule has 0 aliphatic rings. The molecule has 222 valence electrons. The van der Waals surface area contributed by atoms with Gasteiger partial charge in [0.1, 0.15) is 0 Å². The number of rotatable bonds is 1. The van der Waals surface area contributed by atoms with Crippen molar-refractivity contribution in [3.05, 3.63) is 67.8 Å². The molecule has 0 aliphatic heterocycles. The van der Waals surface area contributed by atoms with Gasteiger partial charge in [-0.3, -0.25) is 0 Å². The summed E-state index contributed by atoms with van der Waals surface area (Å²) in [5.41, 5.74) is 14.7. The van der Waals surface area contributed by atoms with E-state index in [1.54, 1.807) is 0 Å². The molecule has 0 amide bonds. The minimum Gasteiger partial charge on any atom is -0.493 e. The Bertz CT molecular complexity index is 1090. The summed E-state index contributed by atoms with van der Waals surface area (Å²) in [6, 6.07) is 1.85. The van der Waals surface area contributed by atoms with Gasteiger partial charge in [0.25, 0.3) is 0 Å². The third-order valence-corrected chi connectivity index (χ3v) is 7.22. The Labute approximate surface area is 262 Å². The molecular weight excluding hydrogens is 873 g/mol. The maximum Gasteiger partial charge on any atom is 3.00 e. The number of hydrogen-bond acceptors (Lipinski definition) is 8. The zero-order valence-electron chi connectivity index (χ0n) is 24.4. The van der Waals surface area contributed by atoms with Gasteiger partial charge < -0.3 is 31.4 Å². The largest absolute Gasteiger partial charge is 3.00 e. The molecule has 0 spiro atoms. The molecule has 0 fully saturated rings. The van der Waals surface area contributed by atoms with Crippen LogP contribution in [0.15, 0.2) is 12.1 Å². The fourth-order valence-electron chi connectivity index (χ4n) is 3.86. The molecule has 8 N–H and O–H groups in total. The van der Waals surface area contributed by atoms with Gasteiger partial charge >= 0.3 is 40.2 Å². The molecule has 0 radical (unpaired) electrons. The molecule has 40 heavy (non-hydrogen) atoms. The Morgan fingerprint density at radius 2 is 0.625 bits per heavy atom. The first-order valence-electron chi connectivity index (χ1n) is 11.6. The van der Waals surface area contributed by atoms with Crippen LogP contribution in [-0.2, 0) is 40.2 Å². The first-order valence-corrected chi connectivity index (χ1v) is 11.6. The van der Waals surface area contributed by atoms with Crippen LogP contribution in [0.25, 0.3) is 11.6 Å². The number of hydrogen-bond donors (Lipinski definition) is 4. The monoisotopic (exact) mass is 914 g/mol. The Morgan fingerprint density at radius 1 is 0.450 bits per heavy atom. The molecule has 10 nitrogen and oxygen atoms in total. The van der Waals surface area contributed by atoms with E-state index in [2.05, 4.69) is 89.2 Å². The molecule has 0 unspecified atom stereocenters. The summed E-state index contributed by atoms with van der Waals surface area (Å²) in [6.07, 6.45) is 0. The second-order valence-corrected chi connectivity index (χ2v) is 9.07. The van der Waals surface area contributed by atoms with Crippen LogP contribution in [0.2, 0.25) is 0 Å². The van der Waals surface area contributed by atoms with Gasteiger partial charge in [-0.05, 0) is 0 Å². The van der Waals surface area contributed by atoms with Crippen molar-refractivity contribution in [2.45, 2.75) is 69.2 Å². The first-order chi connectivity index (χ1) is 16.6. The molecule has 2 aromatic heterocycles. The summed E-state index contributed by atoms with van der Waals surface area (Å²) in [6.45, 7) is 22.0. The third-order valence-electron chi connectivity index (χ3n) is 7.22. The Morgan fingerprint density at radius 3 is 0.750 bits per heavy atom. The van der Waals surface area contributed by atoms with Crippen LogP contribution in [-0.4, -0.2) is 51.3 Å². The molecule has 4 aromatic rings. The fraction of sp³-hybridized carbons (Fsp3) is 0.357. The van der Waals surface area contributed by atoms with E-state index in [-0.39, 0.29) is 62.8 Å². The topological polar surface area (TPSA) is 195 Å². The van der Waals surface area contributed by atoms with Crippen molar-refractivity contribution in [1.82, 2.24) is 19.9 Å². The van der Waals surface area contributed by atoms with Crippen molar-refractivity contribution in [3.8, 4) is 35.2 Å². The normalized spacial score (nSPS) is 9.35. The molecule has 2 aromatic carbocycles. The van der Waals surface area contributed by atoms with E-state index in [0.29, 0.717) is 0 Å². The smallest absolute Gasteiger partial charge is 0.493 e. The molecule has 0 bridgehead atoms. The predicted molar refractivity (Wildman–Crippen MR) is 148 cm³/mol. The molecule has 0 aliphatic carbocycles. The summed E-state index contributed by atoms with van der Waals surface area (Å²) < 4.78 is 0. The van der Waals surface area contributed by atoms with Crippen molar-refractivity contribution in [1.29, 1.82) is 0 Å². The van der Waals surface area contributed by atoms with E-state index in [1.165, 1.54) is 55.6 Å². The van der Waals surface area contributed by atoms with Crippen LogP contribution in [0, 0.1) is 69.2 Å². The molecule has 12 heteroatoms. The SMILES string of the molecule is Cc1c(C)c(C)[c-](C)c1C.Cc1c(C)c(C)[c-](C)c1C.O.O.Oc1cc(O)nc(-c2nc(O)cc(O)n2)n1.[Ir+3].[Ir+3]. The fourth-order valence-corrected chi connectivity index (χ4v) is 3.86. The predicted octanol–water partition coefficient (Wildman–Crippen LogP) is 4.00. The van der Waals surface area contributed by atoms with E-state index in [1.807, 2.05) is 0 Å². The van der Waals surface area contributed by atoms with Gasteiger partial charge in [0.05, 0.1) is 12.1 Å². The standard InChI is InChI=1S/2C10H15.C8H6N4O4.2Ir.2H2O/c2*1-6-7(2)9(4)10(5)8(6)3;13-3-1-4(14)10-7(9-3)8-11-5(15)2-6(16)12-8;;;;/h2*1-5H3;1-2H,(H2,9,10,13,14)(H2,11,12,15,16);;;2*1H2/q2*-1;;2*+3;;. The summed E-state index contributed by atoms with van der Waals surface area (Å²) in [5, 5.41) is 36.4. The number of nitrogens with zero attached hydrogens (tertiary/aromatic N) is 4. The van der Waals surface area contributed by atoms with Gasteiger partial charge in [-0.15, -0.1) is 0 Å². The second-order valence-electron chi connectivity index (χ2n) is 9.07. The molecular formula is C28H40Ir2N4O6+4. The van der Waals surface area contributed by atoms with E-state index in [4.69, 9.17) is 20.4 Å². The summed E-state index contributed by atoms with van der Waals surface area (Å²) in [4.78, 5) is 14.1. The number of aromatic nitrogens is 4. The summed E-state index contributed by atoms with van der Waals surface area (Å²) in [5.74, 6) is -2.35. The van der Waals surface area contributed by atoms with Crippen LogP contribution in [0.4, 0.5) is 0 Å². The maximum absolute atomic E-state index is 9.10. The van der Waals surface area contributed by atoms with E-state index < -0.39 is 23.5 Å². The zero-order chi connectivity index (χ0) is 27.5. The van der Waals surface area contributed by atoms with Crippen molar-refractivity contribution in [2.24, 2.45) is 0 Å². The number of aromatic hydroxyl groups is 4. The summed E-state index contributed by atoms with van der Waals surface area (Å²) in [7, 11) is 0. The third kappa shape index (κ3) is 9.73. The van der Waals surface area contributed by atoms with Crippen LogP contribution < -0.4 is 0 Å². The van der Waals surface area contributed by atoms with Gasteiger partial charge in [0.2, 0.25) is 35.2 Å². The van der Waals surface area contributed by atoms with Crippen LogP contribution >= 0.6 is 0 Å². The van der Waals surface area contributed by atoms with Gasteiger partial charge in [0.15, 0.2) is 0 Å². The van der Waals surface area contributed by atoms with Crippen molar-refractivity contribution >= 4 is 0 Å². The second kappa shape index (κ2) is 17.2. The minimum atomic E-state index is -0.478. The molecule has 0 atom stereocenters. The Kier molecular flexibility index (Phi) is 17.9. The van der Waals surface area contributed by atoms with Gasteiger partial charge in [-0.25, -0.2) is 0 Å². The zero-order valence-corrected chi connectivity index (χ0v) is 29.2. The van der Waals surface area contributed by atoms with E-state index in [9.17, 15) is 0 Å². The Balaban J connectivity index is -0.000000509. The van der Waals surface area contributed by atoms with Crippen LogP contribution in [0.1, 0.15) is 55.6 Å². The minimum absolute atomic E-state index is 0. The first kappa shape index (κ1) is 41.8. The summed E-state index contributed by atoms with van der Waals surface area (Å²) >= 11 is 0. The average Bonchev–Trinajstić information content (AvgIpc) is 3.08. The van der Waals surface area contributed by atoms with E-state index >= 15 is 0 Å². The van der Waals surface area contributed by atoms with Gasteiger partial charge in [-0.1, -0.05) is 69.2 Å². The Hall–Kier alpha value is -2.72. The van der Waals surface area contributed by atoms with Gasteiger partial charge in [0, 0.05) is 0 Å². The molecule has 0 saturated carbocycles. The maximum atomic E-state index is 9.10. The van der Waals surface area contributed by atoms with Crippen molar-refractivity contribution in [3.63, 3.8) is 0 Å². The quantitative estimate of drug-likeness (QED) is 0.206. The van der Waals surface area contributed by atoms with E-state index in [0.717, 1.165) is 12.1 Å². The van der Waals surface area contributed by atoms with Crippen molar-refractivity contribution < 1.29 is 71.6 Å². The van der Waals surface area contributed by atoms with Crippen LogP contribution in [0.3, 0.4) is 0 Å². The molecule has 0 saturated heterocycles. The molecule has 2 heterocycles. The van der Waals surface area contributed by atoms with Crippen LogP contribution in [0.5, 0.6) is 23.5 Å². The molecule has 4 rings (SSSR count). The van der Waals surface area contributed by atoms with Crippen molar-refractivity contribution in [2.75, 3.05) is 0 Å². The average molecular weight is 913 g/mol. The van der Waals surface area contributed by atoms with Gasteiger partial charge in [-0.2, -0.15) is 75.6 Å².